The van der Waals surface area contributed by atoms with Crippen molar-refractivity contribution in [2.24, 2.45) is 0 Å². The molecule has 21 heavy (non-hydrogen) atoms. The van der Waals surface area contributed by atoms with Gasteiger partial charge in [-0.05, 0) is 30.7 Å². The minimum atomic E-state index is -0.291. The van der Waals surface area contributed by atoms with E-state index >= 15 is 0 Å². The highest BCUT2D eigenvalue weighted by Crippen LogP contribution is 2.23. The van der Waals surface area contributed by atoms with E-state index in [4.69, 9.17) is 16.7 Å². The molecule has 0 radical (unpaired) electrons. The molecule has 0 bridgehead atoms. The summed E-state index contributed by atoms with van der Waals surface area (Å²) in [6.45, 7) is 1.59. The fourth-order valence-corrected chi connectivity index (χ4v) is 1.89. The van der Waals surface area contributed by atoms with Gasteiger partial charge in [-0.25, -0.2) is 0 Å². The number of nitrogens with one attached hydrogen (secondary N) is 1. The van der Waals surface area contributed by atoms with E-state index in [0.717, 1.165) is 5.56 Å². The third kappa shape index (κ3) is 3.82. The molecule has 0 aliphatic rings. The first-order valence-electron chi connectivity index (χ1n) is 6.23. The van der Waals surface area contributed by atoms with Crippen molar-refractivity contribution in [1.82, 2.24) is 4.98 Å². The van der Waals surface area contributed by atoms with E-state index in [1.54, 1.807) is 24.3 Å². The van der Waals surface area contributed by atoms with E-state index in [0.29, 0.717) is 21.8 Å². The number of aromatic nitrogens is 1. The predicted molar refractivity (Wildman–Crippen MR) is 82.3 cm³/mol. The summed E-state index contributed by atoms with van der Waals surface area (Å²) in [5, 5.41) is 12.1. The Morgan fingerprint density at radius 2 is 2.24 bits per heavy atom. The number of halogens is 1. The largest absolute Gasteiger partial charge is 0.384 e. The van der Waals surface area contributed by atoms with E-state index < -0.39 is 0 Å². The summed E-state index contributed by atoms with van der Waals surface area (Å²) in [6, 6.07) is 6.93. The Labute approximate surface area is 127 Å². The molecule has 0 aliphatic heterocycles. The second-order valence-corrected chi connectivity index (χ2v) is 4.70. The molecule has 1 aromatic heterocycles. The molecule has 2 aromatic rings. The minimum Gasteiger partial charge on any atom is -0.384 e. The number of amides is 1. The molecule has 4 nitrogen and oxygen atoms in total. The van der Waals surface area contributed by atoms with Crippen molar-refractivity contribution >= 4 is 23.2 Å². The number of carbonyl (C=O) groups is 1. The summed E-state index contributed by atoms with van der Waals surface area (Å²) in [7, 11) is 0. The van der Waals surface area contributed by atoms with Gasteiger partial charge in [0, 0.05) is 28.7 Å². The maximum atomic E-state index is 12.2. The molecule has 1 aromatic carbocycles. The normalized spacial score (nSPS) is 9.67. The third-order valence-electron chi connectivity index (χ3n) is 2.83. The zero-order chi connectivity index (χ0) is 15.2. The van der Waals surface area contributed by atoms with Gasteiger partial charge >= 0.3 is 0 Å². The average molecular weight is 301 g/mol. The molecule has 0 saturated heterocycles. The first kappa shape index (κ1) is 15.0. The lowest BCUT2D eigenvalue weighted by Crippen LogP contribution is -2.13. The van der Waals surface area contributed by atoms with Crippen molar-refractivity contribution in [3.8, 4) is 11.8 Å². The van der Waals surface area contributed by atoms with Gasteiger partial charge in [0.2, 0.25) is 0 Å². The lowest BCUT2D eigenvalue weighted by Gasteiger charge is -2.09. The van der Waals surface area contributed by atoms with Crippen molar-refractivity contribution in [1.29, 1.82) is 0 Å². The standard InChI is InChI=1S/C16H13ClN2O2/c1-11-14(17)5-2-6-15(11)19-16(21)13-8-12(4-3-7-20)9-18-10-13/h2,5-6,8-10,20H,7H2,1H3,(H,19,21). The first-order valence-corrected chi connectivity index (χ1v) is 6.61. The van der Waals surface area contributed by atoms with Crippen LogP contribution < -0.4 is 5.32 Å². The van der Waals surface area contributed by atoms with Crippen LogP contribution in [-0.2, 0) is 0 Å². The number of rotatable bonds is 2. The molecule has 2 N–H and O–H groups in total. The van der Waals surface area contributed by atoms with Gasteiger partial charge in [0.25, 0.3) is 5.91 Å². The number of aliphatic hydroxyl groups excluding tert-OH is 1. The quantitative estimate of drug-likeness (QED) is 0.838. The Bertz CT molecular complexity index is 733. The molecule has 0 aliphatic carbocycles. The van der Waals surface area contributed by atoms with Crippen LogP contribution in [0.3, 0.4) is 0 Å². The van der Waals surface area contributed by atoms with Gasteiger partial charge in [-0.15, -0.1) is 0 Å². The molecule has 0 saturated carbocycles. The van der Waals surface area contributed by atoms with Crippen molar-refractivity contribution in [3.63, 3.8) is 0 Å². The molecule has 1 heterocycles. The minimum absolute atomic E-state index is 0.238. The number of pyridine rings is 1. The van der Waals surface area contributed by atoms with Crippen LogP contribution in [0.4, 0.5) is 5.69 Å². The molecule has 0 unspecified atom stereocenters. The van der Waals surface area contributed by atoms with Crippen LogP contribution in [0.5, 0.6) is 0 Å². The summed E-state index contributed by atoms with van der Waals surface area (Å²) in [6.07, 6.45) is 2.99. The molecule has 0 atom stereocenters. The summed E-state index contributed by atoms with van der Waals surface area (Å²) >= 11 is 6.02. The van der Waals surface area contributed by atoms with Gasteiger partial charge in [-0.2, -0.15) is 0 Å². The highest BCUT2D eigenvalue weighted by molar-refractivity contribution is 6.31. The van der Waals surface area contributed by atoms with Gasteiger partial charge in [0.15, 0.2) is 0 Å². The number of carbonyl (C=O) groups excluding carboxylic acids is 1. The lowest BCUT2D eigenvalue weighted by atomic mass is 10.1. The zero-order valence-corrected chi connectivity index (χ0v) is 12.1. The highest BCUT2D eigenvalue weighted by atomic mass is 35.5. The van der Waals surface area contributed by atoms with Crippen molar-refractivity contribution in [2.75, 3.05) is 11.9 Å². The number of nitrogens with zero attached hydrogens (tertiary/aromatic N) is 1. The molecule has 1 amide bonds. The number of hydrogen-bond acceptors (Lipinski definition) is 3. The second-order valence-electron chi connectivity index (χ2n) is 4.29. The molecule has 0 spiro atoms. The van der Waals surface area contributed by atoms with Crippen molar-refractivity contribution in [3.05, 3.63) is 58.4 Å². The molecule has 2 rings (SSSR count). The third-order valence-corrected chi connectivity index (χ3v) is 3.24. The van der Waals surface area contributed by atoms with Crippen LogP contribution >= 0.6 is 11.6 Å². The molecule has 0 fully saturated rings. The van der Waals surface area contributed by atoms with E-state index in [1.165, 1.54) is 12.4 Å². The molecule has 5 heteroatoms. The summed E-state index contributed by atoms with van der Waals surface area (Å²) in [5.74, 6) is 4.93. The van der Waals surface area contributed by atoms with Crippen LogP contribution in [-0.4, -0.2) is 22.6 Å². The second kappa shape index (κ2) is 6.89. The highest BCUT2D eigenvalue weighted by Gasteiger charge is 2.09. The van der Waals surface area contributed by atoms with Crippen molar-refractivity contribution in [2.45, 2.75) is 6.92 Å². The van der Waals surface area contributed by atoms with Crippen LogP contribution in [0.25, 0.3) is 0 Å². The number of hydrogen-bond donors (Lipinski definition) is 2. The van der Waals surface area contributed by atoms with Crippen molar-refractivity contribution < 1.29 is 9.90 Å². The average Bonchev–Trinajstić information content (AvgIpc) is 2.50. The summed E-state index contributed by atoms with van der Waals surface area (Å²) in [5.41, 5.74) is 2.41. The maximum absolute atomic E-state index is 12.2. The van der Waals surface area contributed by atoms with Gasteiger partial charge in [-0.3, -0.25) is 9.78 Å². The number of aliphatic hydroxyl groups is 1. The monoisotopic (exact) mass is 300 g/mol. The lowest BCUT2D eigenvalue weighted by molar-refractivity contribution is 0.102. The Balaban J connectivity index is 2.22. The summed E-state index contributed by atoms with van der Waals surface area (Å²) in [4.78, 5) is 16.2. The van der Waals surface area contributed by atoms with Crippen LogP contribution in [0.15, 0.2) is 36.7 Å². The van der Waals surface area contributed by atoms with Crippen LogP contribution in [0, 0.1) is 18.8 Å². The van der Waals surface area contributed by atoms with E-state index in [9.17, 15) is 4.79 Å². The first-order chi connectivity index (χ1) is 10.1. The smallest absolute Gasteiger partial charge is 0.257 e. The zero-order valence-electron chi connectivity index (χ0n) is 11.4. The topological polar surface area (TPSA) is 62.2 Å². The van der Waals surface area contributed by atoms with Crippen LogP contribution in [0.1, 0.15) is 21.5 Å². The van der Waals surface area contributed by atoms with Gasteiger partial charge < -0.3 is 10.4 Å². The Hall–Kier alpha value is -2.35. The Morgan fingerprint density at radius 1 is 1.43 bits per heavy atom. The SMILES string of the molecule is Cc1c(Cl)cccc1NC(=O)c1cncc(C#CCO)c1. The molecular formula is C16H13ClN2O2. The maximum Gasteiger partial charge on any atom is 0.257 e. The van der Waals surface area contributed by atoms with Crippen LogP contribution in [0.2, 0.25) is 5.02 Å². The van der Waals surface area contributed by atoms with Gasteiger partial charge in [-0.1, -0.05) is 29.5 Å². The van der Waals surface area contributed by atoms with Gasteiger partial charge in [0.1, 0.15) is 6.61 Å². The van der Waals surface area contributed by atoms with E-state index in [-0.39, 0.29) is 12.5 Å². The van der Waals surface area contributed by atoms with E-state index in [1.807, 2.05) is 6.92 Å². The van der Waals surface area contributed by atoms with Gasteiger partial charge in [0.05, 0.1) is 5.56 Å². The Kier molecular flexibility index (Phi) is 4.94. The number of benzene rings is 1. The fraction of sp³-hybridized carbons (Fsp3) is 0.125. The number of anilines is 1. The predicted octanol–water partition coefficient (Wildman–Crippen LogP) is 2.64. The molecule has 106 valence electrons. The Morgan fingerprint density at radius 3 is 3.00 bits per heavy atom. The summed E-state index contributed by atoms with van der Waals surface area (Å²) < 4.78 is 0. The fourth-order valence-electron chi connectivity index (χ4n) is 1.71. The molecular weight excluding hydrogens is 288 g/mol. The van der Waals surface area contributed by atoms with E-state index in [2.05, 4.69) is 22.1 Å².